The van der Waals surface area contributed by atoms with Crippen molar-refractivity contribution < 1.29 is 22.4 Å². The first kappa shape index (κ1) is 22.4. The number of amides is 2. The lowest BCUT2D eigenvalue weighted by molar-refractivity contribution is -0.114. The van der Waals surface area contributed by atoms with Gasteiger partial charge < -0.3 is 15.1 Å². The van der Waals surface area contributed by atoms with Gasteiger partial charge in [0.15, 0.2) is 0 Å². The maximum atomic E-state index is 12.7. The van der Waals surface area contributed by atoms with E-state index < -0.39 is 28.4 Å². The summed E-state index contributed by atoms with van der Waals surface area (Å²) in [7, 11) is -3.79. The van der Waals surface area contributed by atoms with Gasteiger partial charge in [0.05, 0.1) is 41.0 Å². The van der Waals surface area contributed by atoms with E-state index in [1.165, 1.54) is 18.4 Å². The molecule has 2 amide bonds. The van der Waals surface area contributed by atoms with Gasteiger partial charge in [0, 0.05) is 0 Å². The Labute approximate surface area is 184 Å². The van der Waals surface area contributed by atoms with Gasteiger partial charge in [0.25, 0.3) is 5.91 Å². The van der Waals surface area contributed by atoms with Crippen LogP contribution >= 0.6 is 11.6 Å². The van der Waals surface area contributed by atoms with Crippen LogP contribution in [0.3, 0.4) is 0 Å². The minimum atomic E-state index is -3.79. The van der Waals surface area contributed by atoms with E-state index in [0.717, 1.165) is 10.6 Å². The van der Waals surface area contributed by atoms with Crippen LogP contribution < -0.4 is 14.9 Å². The average molecular weight is 462 g/mol. The second-order valence-corrected chi connectivity index (χ2v) is 8.89. The molecule has 3 aromatic rings. The first-order valence-electron chi connectivity index (χ1n) is 9.17. The quantitative estimate of drug-likeness (QED) is 0.535. The number of benzene rings is 2. The fourth-order valence-corrected chi connectivity index (χ4v) is 3.98. The summed E-state index contributed by atoms with van der Waals surface area (Å²) >= 11 is 6.11. The maximum Gasteiger partial charge on any atom is 0.253 e. The van der Waals surface area contributed by atoms with Gasteiger partial charge in [-0.15, -0.1) is 0 Å². The van der Waals surface area contributed by atoms with Crippen molar-refractivity contribution >= 4 is 44.8 Å². The summed E-state index contributed by atoms with van der Waals surface area (Å²) in [5, 5.41) is 5.50. The maximum absolute atomic E-state index is 12.7. The number of nitrogens with one attached hydrogen (secondary N) is 2. The average Bonchev–Trinajstić information content (AvgIpc) is 3.24. The van der Waals surface area contributed by atoms with Crippen LogP contribution in [0.2, 0.25) is 5.02 Å². The molecule has 0 saturated heterocycles. The van der Waals surface area contributed by atoms with Crippen LogP contribution in [0.25, 0.3) is 0 Å². The fraction of sp³-hybridized carbons (Fsp3) is 0.143. The van der Waals surface area contributed by atoms with Crippen LogP contribution in [0.15, 0.2) is 71.3 Å². The number of nitrogens with zero attached hydrogens (tertiary/aromatic N) is 1. The summed E-state index contributed by atoms with van der Waals surface area (Å²) in [5.74, 6) is -0.464. The molecular formula is C21H20ClN3O5S. The van der Waals surface area contributed by atoms with Gasteiger partial charge in [0.1, 0.15) is 12.3 Å². The van der Waals surface area contributed by atoms with Crippen LogP contribution in [0.4, 0.5) is 11.4 Å². The zero-order valence-electron chi connectivity index (χ0n) is 16.5. The van der Waals surface area contributed by atoms with Crippen LogP contribution in [0.1, 0.15) is 16.1 Å². The number of furan rings is 1. The highest BCUT2D eigenvalue weighted by Gasteiger charge is 2.23. The molecule has 1 aromatic heterocycles. The predicted molar refractivity (Wildman–Crippen MR) is 119 cm³/mol. The Morgan fingerprint density at radius 1 is 1.03 bits per heavy atom. The number of rotatable bonds is 8. The molecule has 0 aliphatic rings. The number of para-hydroxylation sites is 2. The normalized spacial score (nSPS) is 11.0. The minimum absolute atomic E-state index is 0.183. The van der Waals surface area contributed by atoms with Crippen molar-refractivity contribution in [2.45, 2.75) is 6.54 Å². The number of halogens is 1. The number of hydrogen-bond acceptors (Lipinski definition) is 5. The molecule has 0 aliphatic carbocycles. The Morgan fingerprint density at radius 2 is 1.74 bits per heavy atom. The topological polar surface area (TPSA) is 109 Å². The van der Waals surface area contributed by atoms with E-state index in [2.05, 4.69) is 10.6 Å². The standard InChI is InChI=1S/C21H20ClN3O5S/c1-31(28,29)25(19-11-5-3-9-17(19)22)14-20(26)24-18-10-4-2-8-16(18)21(27)23-13-15-7-6-12-30-15/h2-12H,13-14H2,1H3,(H,23,27)(H,24,26). The summed E-state index contributed by atoms with van der Waals surface area (Å²) in [6.45, 7) is -0.326. The number of carbonyl (C=O) groups excluding carboxylic acids is 2. The summed E-state index contributed by atoms with van der Waals surface area (Å²) in [4.78, 5) is 25.2. The van der Waals surface area contributed by atoms with E-state index in [0.29, 0.717) is 5.76 Å². The highest BCUT2D eigenvalue weighted by Crippen LogP contribution is 2.27. The van der Waals surface area contributed by atoms with E-state index in [4.69, 9.17) is 16.0 Å². The Morgan fingerprint density at radius 3 is 2.42 bits per heavy atom. The molecule has 0 fully saturated rings. The monoisotopic (exact) mass is 461 g/mol. The van der Waals surface area contributed by atoms with Gasteiger partial charge >= 0.3 is 0 Å². The van der Waals surface area contributed by atoms with Crippen molar-refractivity contribution in [2.75, 3.05) is 22.4 Å². The molecule has 0 bridgehead atoms. The van der Waals surface area contributed by atoms with E-state index in [1.54, 1.807) is 48.5 Å². The molecule has 0 spiro atoms. The summed E-state index contributed by atoms with van der Waals surface area (Å²) in [5.41, 5.74) is 0.661. The van der Waals surface area contributed by atoms with Crippen molar-refractivity contribution in [1.82, 2.24) is 5.32 Å². The number of sulfonamides is 1. The molecule has 2 N–H and O–H groups in total. The third-order valence-corrected chi connectivity index (χ3v) is 5.70. The molecule has 31 heavy (non-hydrogen) atoms. The summed E-state index contributed by atoms with van der Waals surface area (Å²) in [6.07, 6.45) is 2.49. The van der Waals surface area contributed by atoms with E-state index in [-0.39, 0.29) is 28.5 Å². The lowest BCUT2D eigenvalue weighted by Gasteiger charge is -2.23. The highest BCUT2D eigenvalue weighted by molar-refractivity contribution is 7.92. The molecule has 1 heterocycles. The SMILES string of the molecule is CS(=O)(=O)N(CC(=O)Nc1ccccc1C(=O)NCc1ccco1)c1ccccc1Cl. The molecular weight excluding hydrogens is 442 g/mol. The number of hydrogen-bond donors (Lipinski definition) is 2. The van der Waals surface area contributed by atoms with Gasteiger partial charge in [-0.1, -0.05) is 35.9 Å². The van der Waals surface area contributed by atoms with Crippen molar-refractivity contribution in [1.29, 1.82) is 0 Å². The largest absolute Gasteiger partial charge is 0.467 e. The third kappa shape index (κ3) is 5.87. The van der Waals surface area contributed by atoms with Crippen molar-refractivity contribution in [3.8, 4) is 0 Å². The smallest absolute Gasteiger partial charge is 0.253 e. The van der Waals surface area contributed by atoms with Gasteiger partial charge in [-0.05, 0) is 36.4 Å². The Hall–Kier alpha value is -3.30. The molecule has 0 aliphatic heterocycles. The second-order valence-electron chi connectivity index (χ2n) is 6.58. The zero-order valence-corrected chi connectivity index (χ0v) is 18.1. The van der Waals surface area contributed by atoms with Crippen LogP contribution in [-0.4, -0.2) is 33.0 Å². The third-order valence-electron chi connectivity index (χ3n) is 4.26. The van der Waals surface area contributed by atoms with Gasteiger partial charge in [-0.25, -0.2) is 8.42 Å². The zero-order chi connectivity index (χ0) is 22.4. The Kier molecular flexibility index (Phi) is 6.98. The van der Waals surface area contributed by atoms with Crippen molar-refractivity contribution in [3.05, 3.63) is 83.3 Å². The van der Waals surface area contributed by atoms with Crippen LogP contribution in [0, 0.1) is 0 Å². The van der Waals surface area contributed by atoms with Gasteiger partial charge in [-0.3, -0.25) is 13.9 Å². The van der Waals surface area contributed by atoms with Gasteiger partial charge in [0.2, 0.25) is 15.9 Å². The lowest BCUT2D eigenvalue weighted by atomic mass is 10.1. The molecule has 0 saturated carbocycles. The molecule has 0 atom stereocenters. The highest BCUT2D eigenvalue weighted by atomic mass is 35.5. The van der Waals surface area contributed by atoms with Crippen LogP contribution in [0.5, 0.6) is 0 Å². The van der Waals surface area contributed by atoms with Crippen molar-refractivity contribution in [3.63, 3.8) is 0 Å². The minimum Gasteiger partial charge on any atom is -0.467 e. The van der Waals surface area contributed by atoms with Crippen molar-refractivity contribution in [2.24, 2.45) is 0 Å². The number of anilines is 2. The van der Waals surface area contributed by atoms with E-state index in [9.17, 15) is 18.0 Å². The first-order valence-corrected chi connectivity index (χ1v) is 11.4. The lowest BCUT2D eigenvalue weighted by Crippen LogP contribution is -2.38. The second kappa shape index (κ2) is 9.67. The summed E-state index contributed by atoms with van der Waals surface area (Å²) in [6, 6.07) is 16.2. The van der Waals surface area contributed by atoms with Gasteiger partial charge in [-0.2, -0.15) is 0 Å². The Balaban J connectivity index is 1.75. The summed E-state index contributed by atoms with van der Waals surface area (Å²) < 4.78 is 30.6. The fourth-order valence-electron chi connectivity index (χ4n) is 2.82. The molecule has 0 radical (unpaired) electrons. The molecule has 162 valence electrons. The van der Waals surface area contributed by atoms with Crippen LogP contribution in [-0.2, 0) is 21.4 Å². The van der Waals surface area contributed by atoms with E-state index in [1.807, 2.05) is 0 Å². The number of carbonyl (C=O) groups is 2. The molecule has 8 nitrogen and oxygen atoms in total. The van der Waals surface area contributed by atoms with E-state index >= 15 is 0 Å². The predicted octanol–water partition coefficient (Wildman–Crippen LogP) is 3.27. The first-order chi connectivity index (χ1) is 14.8. The molecule has 10 heteroatoms. The molecule has 2 aromatic carbocycles. The Bertz CT molecular complexity index is 1180. The molecule has 0 unspecified atom stereocenters. The molecule has 3 rings (SSSR count).